The number of esters is 1. The number of carbonyl (C=O) groups excluding carboxylic acids is 2. The maximum atomic E-state index is 12.3. The van der Waals surface area contributed by atoms with E-state index in [4.69, 9.17) is 4.74 Å². The Hall–Kier alpha value is -2.64. The van der Waals surface area contributed by atoms with Gasteiger partial charge in [0.05, 0.1) is 10.5 Å². The monoisotopic (exact) mass is 363 g/mol. The molecule has 0 spiro atoms. The van der Waals surface area contributed by atoms with Crippen LogP contribution in [0.25, 0.3) is 0 Å². The highest BCUT2D eigenvalue weighted by Gasteiger charge is 2.26. The maximum Gasteiger partial charge on any atom is 0.338 e. The fourth-order valence-corrected chi connectivity index (χ4v) is 3.34. The third kappa shape index (κ3) is 4.71. The van der Waals surface area contributed by atoms with Crippen molar-refractivity contribution < 1.29 is 19.2 Å². The molecule has 0 bridgehead atoms. The summed E-state index contributed by atoms with van der Waals surface area (Å²) in [7, 11) is 3.36. The lowest BCUT2D eigenvalue weighted by Gasteiger charge is -2.34. The van der Waals surface area contributed by atoms with Gasteiger partial charge in [-0.05, 0) is 30.4 Å². The van der Waals surface area contributed by atoms with Crippen molar-refractivity contribution in [3.8, 4) is 0 Å². The second-order valence-corrected chi connectivity index (χ2v) is 7.18. The molecule has 1 aromatic rings. The molecule has 0 radical (unpaired) electrons. The van der Waals surface area contributed by atoms with Crippen molar-refractivity contribution >= 4 is 23.3 Å². The molecule has 8 heteroatoms. The number of hydrogen-bond donors (Lipinski definition) is 0. The molecule has 142 valence electrons. The number of nitrogens with zero attached hydrogens (tertiary/aromatic N) is 3. The van der Waals surface area contributed by atoms with E-state index >= 15 is 0 Å². The molecule has 1 heterocycles. The number of hydrogen-bond acceptors (Lipinski definition) is 6. The molecule has 1 fully saturated rings. The highest BCUT2D eigenvalue weighted by atomic mass is 16.6. The van der Waals surface area contributed by atoms with Crippen molar-refractivity contribution in [2.75, 3.05) is 38.7 Å². The molecule has 2 rings (SSSR count). The van der Waals surface area contributed by atoms with Crippen molar-refractivity contribution in [2.24, 2.45) is 11.8 Å². The molecule has 0 aromatic heterocycles. The van der Waals surface area contributed by atoms with Crippen LogP contribution in [-0.2, 0) is 9.53 Å². The third-order valence-electron chi connectivity index (χ3n) is 4.44. The van der Waals surface area contributed by atoms with E-state index in [2.05, 4.69) is 13.8 Å². The van der Waals surface area contributed by atoms with Crippen LogP contribution in [0.4, 0.5) is 11.4 Å². The summed E-state index contributed by atoms with van der Waals surface area (Å²) in [6.07, 6.45) is 1.07. The predicted molar refractivity (Wildman–Crippen MR) is 97.2 cm³/mol. The molecule has 0 unspecified atom stereocenters. The summed E-state index contributed by atoms with van der Waals surface area (Å²) in [5, 5.41) is 11.2. The van der Waals surface area contributed by atoms with Crippen molar-refractivity contribution in [2.45, 2.75) is 20.3 Å². The quantitative estimate of drug-likeness (QED) is 0.453. The Morgan fingerprint density at radius 2 is 1.88 bits per heavy atom. The molecule has 8 nitrogen and oxygen atoms in total. The zero-order valence-electron chi connectivity index (χ0n) is 15.6. The summed E-state index contributed by atoms with van der Waals surface area (Å²) in [6, 6.07) is 4.12. The summed E-state index contributed by atoms with van der Waals surface area (Å²) in [5.74, 6) is -0.153. The molecule has 1 saturated heterocycles. The van der Waals surface area contributed by atoms with Gasteiger partial charge in [-0.25, -0.2) is 4.79 Å². The molecule has 0 saturated carbocycles. The van der Waals surface area contributed by atoms with Crippen LogP contribution in [0.15, 0.2) is 18.2 Å². The number of carbonyl (C=O) groups is 2. The molecule has 1 aliphatic rings. The van der Waals surface area contributed by atoms with Gasteiger partial charge in [0.25, 0.3) is 11.6 Å². The molecular formula is C18H25N3O5. The number of benzene rings is 1. The minimum atomic E-state index is -0.745. The number of rotatable bonds is 5. The lowest BCUT2D eigenvalue weighted by atomic mass is 9.92. The van der Waals surface area contributed by atoms with Gasteiger partial charge in [-0.1, -0.05) is 13.8 Å². The van der Waals surface area contributed by atoms with Gasteiger partial charge in [-0.3, -0.25) is 14.9 Å². The van der Waals surface area contributed by atoms with Gasteiger partial charge in [0, 0.05) is 33.3 Å². The Morgan fingerprint density at radius 3 is 2.42 bits per heavy atom. The third-order valence-corrected chi connectivity index (χ3v) is 4.44. The summed E-state index contributed by atoms with van der Waals surface area (Å²) in [6.45, 7) is 5.13. The van der Waals surface area contributed by atoms with Crippen molar-refractivity contribution in [3.63, 3.8) is 0 Å². The minimum Gasteiger partial charge on any atom is -0.452 e. The Labute approximate surface area is 152 Å². The molecule has 1 aliphatic heterocycles. The predicted octanol–water partition coefficient (Wildman–Crippen LogP) is 2.32. The first-order valence-electron chi connectivity index (χ1n) is 8.59. The Morgan fingerprint density at radius 1 is 1.27 bits per heavy atom. The molecule has 0 N–H and O–H groups in total. The highest BCUT2D eigenvalue weighted by molar-refractivity contribution is 5.93. The van der Waals surface area contributed by atoms with E-state index in [9.17, 15) is 19.7 Å². The summed E-state index contributed by atoms with van der Waals surface area (Å²) in [5.41, 5.74) is 0.254. The normalized spacial score (nSPS) is 19.8. The van der Waals surface area contributed by atoms with Gasteiger partial charge in [-0.15, -0.1) is 0 Å². The first-order chi connectivity index (χ1) is 12.2. The molecule has 1 amide bonds. The van der Waals surface area contributed by atoms with Crippen molar-refractivity contribution in [1.29, 1.82) is 0 Å². The molecule has 1 aromatic carbocycles. The zero-order valence-corrected chi connectivity index (χ0v) is 15.6. The van der Waals surface area contributed by atoms with Gasteiger partial charge in [0.15, 0.2) is 6.61 Å². The average Bonchev–Trinajstić information content (AvgIpc) is 2.57. The van der Waals surface area contributed by atoms with Gasteiger partial charge in [0.2, 0.25) is 0 Å². The van der Waals surface area contributed by atoms with Crippen LogP contribution in [0, 0.1) is 22.0 Å². The Bertz CT molecular complexity index is 694. The zero-order chi connectivity index (χ0) is 19.4. The van der Waals surface area contributed by atoms with Gasteiger partial charge in [-0.2, -0.15) is 0 Å². The molecular weight excluding hydrogens is 338 g/mol. The SMILES string of the molecule is C[C@@H]1C[C@@H](C)CN(C(=O)COC(=O)c2ccc(N(C)C)c([N+](=O)[O-])c2)C1. The summed E-state index contributed by atoms with van der Waals surface area (Å²) in [4.78, 5) is 38.4. The summed E-state index contributed by atoms with van der Waals surface area (Å²) >= 11 is 0. The first kappa shape index (κ1) is 19.7. The number of ether oxygens (including phenoxy) is 1. The van der Waals surface area contributed by atoms with Crippen LogP contribution in [0.1, 0.15) is 30.6 Å². The number of nitro groups is 1. The van der Waals surface area contributed by atoms with Gasteiger partial charge < -0.3 is 14.5 Å². The van der Waals surface area contributed by atoms with Gasteiger partial charge >= 0.3 is 5.97 Å². The first-order valence-corrected chi connectivity index (χ1v) is 8.59. The Kier molecular flexibility index (Phi) is 6.18. The number of anilines is 1. The lowest BCUT2D eigenvalue weighted by molar-refractivity contribution is -0.384. The fourth-order valence-electron chi connectivity index (χ4n) is 3.34. The molecule has 2 atom stereocenters. The molecule has 0 aliphatic carbocycles. The highest BCUT2D eigenvalue weighted by Crippen LogP contribution is 2.28. The lowest BCUT2D eigenvalue weighted by Crippen LogP contribution is -2.44. The van der Waals surface area contributed by atoms with Gasteiger partial charge in [0.1, 0.15) is 5.69 Å². The van der Waals surface area contributed by atoms with Crippen molar-refractivity contribution in [3.05, 3.63) is 33.9 Å². The largest absolute Gasteiger partial charge is 0.452 e. The second-order valence-electron chi connectivity index (χ2n) is 7.18. The van der Waals surface area contributed by atoms with E-state index in [0.717, 1.165) is 6.42 Å². The standard InChI is InChI=1S/C18H25N3O5/c1-12-7-13(2)10-20(9-12)17(22)11-26-18(23)14-5-6-15(19(3)4)16(8-14)21(24)25/h5-6,8,12-13H,7,9-11H2,1-4H3/t12-,13-/m1/s1. The van der Waals surface area contributed by atoms with E-state index in [1.165, 1.54) is 18.2 Å². The van der Waals surface area contributed by atoms with Crippen LogP contribution in [0.3, 0.4) is 0 Å². The second kappa shape index (κ2) is 8.16. The summed E-state index contributed by atoms with van der Waals surface area (Å²) < 4.78 is 5.08. The number of nitro benzene ring substituents is 1. The van der Waals surface area contributed by atoms with E-state index in [1.54, 1.807) is 23.9 Å². The van der Waals surface area contributed by atoms with Crippen molar-refractivity contribution in [1.82, 2.24) is 4.90 Å². The van der Waals surface area contributed by atoms with Crippen LogP contribution in [0.5, 0.6) is 0 Å². The molecule has 26 heavy (non-hydrogen) atoms. The number of amides is 1. The number of piperidine rings is 1. The van der Waals surface area contributed by atoms with Crippen LogP contribution >= 0.6 is 0 Å². The Balaban J connectivity index is 2.02. The topological polar surface area (TPSA) is 93.0 Å². The number of likely N-dealkylation sites (tertiary alicyclic amines) is 1. The smallest absolute Gasteiger partial charge is 0.338 e. The van der Waals surface area contributed by atoms with E-state index in [0.29, 0.717) is 30.6 Å². The van der Waals surface area contributed by atoms with E-state index < -0.39 is 10.9 Å². The van der Waals surface area contributed by atoms with Crippen LogP contribution in [0.2, 0.25) is 0 Å². The van der Waals surface area contributed by atoms with E-state index in [1.807, 2.05) is 0 Å². The van der Waals surface area contributed by atoms with E-state index in [-0.39, 0.29) is 23.8 Å². The maximum absolute atomic E-state index is 12.3. The fraction of sp³-hybridized carbons (Fsp3) is 0.556. The van der Waals surface area contributed by atoms with Crippen LogP contribution in [-0.4, -0.2) is 55.5 Å². The van der Waals surface area contributed by atoms with Crippen LogP contribution < -0.4 is 4.90 Å². The minimum absolute atomic E-state index is 0.0514. The average molecular weight is 363 g/mol.